The lowest BCUT2D eigenvalue weighted by Crippen LogP contribution is -2.70. The number of hydrogen-bond acceptors (Lipinski definition) is 13. The number of aliphatic hydroxyl groups is 3. The zero-order valence-corrected chi connectivity index (χ0v) is 27.9. The lowest BCUT2D eigenvalue weighted by atomic mass is 9.83. The summed E-state index contributed by atoms with van der Waals surface area (Å²) in [7, 11) is 0. The first-order valence-corrected chi connectivity index (χ1v) is 16.5. The number of aliphatic hydroxyl groups excluding tert-OH is 3. The number of ether oxygens (including phenoxy) is 7. The van der Waals surface area contributed by atoms with Crippen LogP contribution in [0.5, 0.6) is 0 Å². The van der Waals surface area contributed by atoms with Gasteiger partial charge in [0.25, 0.3) is 0 Å². The molecule has 0 amide bonds. The molecule has 13 nitrogen and oxygen atoms in total. The van der Waals surface area contributed by atoms with Crippen molar-refractivity contribution in [3.8, 4) is 0 Å². The molecule has 0 spiro atoms. The lowest BCUT2D eigenvalue weighted by Gasteiger charge is -2.50. The summed E-state index contributed by atoms with van der Waals surface area (Å²) in [5.74, 6) is -1.39. The first-order chi connectivity index (χ1) is 24.2. The minimum Gasteiger partial charge on any atom is -0.457 e. The molecule has 50 heavy (non-hydrogen) atoms. The molecular formula is C37H45NO12. The maximum Gasteiger partial charge on any atom is 0.303 e. The SMILES string of the molecule is CC(=O)O[C@@H]1C(O[C@H]2O[C@H](CO)[C@@H](O)[C@H](O)[C@H]2N)[C@@H](OC(C)=O)[C@@H](OCc2ccccc2)C(OCc2ccccc2)[C@H]1OCc1ccccc1. The molecule has 1 saturated heterocycles. The van der Waals surface area contributed by atoms with Crippen molar-refractivity contribution in [3.63, 3.8) is 0 Å². The summed E-state index contributed by atoms with van der Waals surface area (Å²) < 4.78 is 43.7. The van der Waals surface area contributed by atoms with Crippen LogP contribution in [0.25, 0.3) is 0 Å². The smallest absolute Gasteiger partial charge is 0.303 e. The number of benzene rings is 3. The third-order valence-corrected chi connectivity index (χ3v) is 8.62. The minimum atomic E-state index is -1.55. The van der Waals surface area contributed by atoms with Crippen molar-refractivity contribution in [2.75, 3.05) is 6.61 Å². The Kier molecular flexibility index (Phi) is 13.5. The van der Waals surface area contributed by atoms with Crippen molar-refractivity contribution in [1.82, 2.24) is 0 Å². The highest BCUT2D eigenvalue weighted by molar-refractivity contribution is 5.67. The second kappa shape index (κ2) is 17.9. The Bertz CT molecular complexity index is 1410. The van der Waals surface area contributed by atoms with Gasteiger partial charge in [0.15, 0.2) is 18.5 Å². The van der Waals surface area contributed by atoms with E-state index >= 15 is 0 Å². The summed E-state index contributed by atoms with van der Waals surface area (Å²) in [6.07, 6.45) is -12.9. The van der Waals surface area contributed by atoms with Crippen LogP contribution in [0.3, 0.4) is 0 Å². The van der Waals surface area contributed by atoms with Crippen molar-refractivity contribution in [1.29, 1.82) is 0 Å². The first kappa shape index (κ1) is 37.5. The summed E-state index contributed by atoms with van der Waals surface area (Å²) in [6, 6.07) is 26.8. The van der Waals surface area contributed by atoms with Crippen molar-refractivity contribution < 1.29 is 58.1 Å². The number of esters is 2. The fraction of sp³-hybridized carbons (Fsp3) is 0.459. The van der Waals surface area contributed by atoms with Crippen LogP contribution in [-0.4, -0.2) is 101 Å². The molecule has 2 fully saturated rings. The Morgan fingerprint density at radius 2 is 1.00 bits per heavy atom. The van der Waals surface area contributed by atoms with Gasteiger partial charge in [0.05, 0.1) is 32.5 Å². The van der Waals surface area contributed by atoms with Gasteiger partial charge in [0.1, 0.15) is 42.7 Å². The van der Waals surface area contributed by atoms with E-state index in [1.807, 2.05) is 91.0 Å². The average molecular weight is 696 g/mol. The molecule has 11 atom stereocenters. The number of rotatable bonds is 14. The highest BCUT2D eigenvalue weighted by Crippen LogP contribution is 2.37. The van der Waals surface area contributed by atoms with Gasteiger partial charge in [0.2, 0.25) is 0 Å². The van der Waals surface area contributed by atoms with Gasteiger partial charge in [0, 0.05) is 13.8 Å². The Balaban J connectivity index is 1.59. The van der Waals surface area contributed by atoms with Gasteiger partial charge in [-0.05, 0) is 16.7 Å². The van der Waals surface area contributed by atoms with Crippen LogP contribution in [0.4, 0.5) is 0 Å². The van der Waals surface area contributed by atoms with Gasteiger partial charge in [-0.2, -0.15) is 0 Å². The van der Waals surface area contributed by atoms with E-state index in [9.17, 15) is 24.9 Å². The fourth-order valence-corrected chi connectivity index (χ4v) is 6.18. The molecule has 0 radical (unpaired) electrons. The van der Waals surface area contributed by atoms with E-state index in [4.69, 9.17) is 38.9 Å². The van der Waals surface area contributed by atoms with Gasteiger partial charge < -0.3 is 54.2 Å². The van der Waals surface area contributed by atoms with E-state index in [2.05, 4.69) is 0 Å². The van der Waals surface area contributed by atoms with Crippen LogP contribution in [-0.2, 0) is 62.6 Å². The first-order valence-electron chi connectivity index (χ1n) is 16.5. The van der Waals surface area contributed by atoms with Crippen molar-refractivity contribution in [3.05, 3.63) is 108 Å². The third-order valence-electron chi connectivity index (χ3n) is 8.62. The van der Waals surface area contributed by atoms with E-state index in [0.29, 0.717) is 0 Å². The van der Waals surface area contributed by atoms with E-state index in [1.165, 1.54) is 13.8 Å². The predicted molar refractivity (Wildman–Crippen MR) is 177 cm³/mol. The maximum absolute atomic E-state index is 12.8. The summed E-state index contributed by atoms with van der Waals surface area (Å²) in [6.45, 7) is 2.02. The quantitative estimate of drug-likeness (QED) is 0.179. The highest BCUT2D eigenvalue weighted by atomic mass is 16.7. The number of carbonyl (C=O) groups excluding carboxylic acids is 2. The Morgan fingerprint density at radius 1 is 0.620 bits per heavy atom. The van der Waals surface area contributed by atoms with E-state index < -0.39 is 85.8 Å². The molecule has 1 saturated carbocycles. The second-order valence-electron chi connectivity index (χ2n) is 12.3. The minimum absolute atomic E-state index is 0.0712. The van der Waals surface area contributed by atoms with E-state index in [1.54, 1.807) is 0 Å². The van der Waals surface area contributed by atoms with E-state index in [0.717, 1.165) is 16.7 Å². The standard InChI is InChI=1S/C37H45NO12/c1-22(40)47-34-32(45-20-25-14-8-4-9-15-25)31(44-19-24-12-6-3-7-13-24)33(46-21-26-16-10-5-11-17-26)35(48-23(2)41)36(34)50-37-28(38)30(43)29(42)27(18-39)49-37/h3-17,27-37,39,42-43H,18-21,38H2,1-2H3/t27-,28-,29-,30-,31?,32-,33+,34+,35+,36?,37-/m1/s1. The average Bonchev–Trinajstić information content (AvgIpc) is 3.12. The van der Waals surface area contributed by atoms with Crippen LogP contribution >= 0.6 is 0 Å². The molecule has 1 heterocycles. The molecule has 2 aliphatic rings. The largest absolute Gasteiger partial charge is 0.457 e. The Labute approximate surface area is 290 Å². The monoisotopic (exact) mass is 695 g/mol. The van der Waals surface area contributed by atoms with E-state index in [-0.39, 0.29) is 19.8 Å². The fourth-order valence-electron chi connectivity index (χ4n) is 6.18. The summed E-state index contributed by atoms with van der Waals surface area (Å²) in [4.78, 5) is 25.5. The van der Waals surface area contributed by atoms with Crippen LogP contribution < -0.4 is 5.73 Å². The summed E-state index contributed by atoms with van der Waals surface area (Å²) in [5.41, 5.74) is 8.75. The van der Waals surface area contributed by atoms with Gasteiger partial charge >= 0.3 is 11.9 Å². The van der Waals surface area contributed by atoms with Crippen LogP contribution in [0.15, 0.2) is 91.0 Å². The molecule has 3 aromatic carbocycles. The molecule has 5 rings (SSSR count). The molecule has 270 valence electrons. The molecule has 1 aliphatic heterocycles. The Morgan fingerprint density at radius 3 is 1.36 bits per heavy atom. The molecule has 1 aliphatic carbocycles. The lowest BCUT2D eigenvalue weighted by molar-refractivity contribution is -0.328. The van der Waals surface area contributed by atoms with Gasteiger partial charge in [-0.1, -0.05) is 91.0 Å². The molecule has 13 heteroatoms. The second-order valence-corrected chi connectivity index (χ2v) is 12.3. The van der Waals surface area contributed by atoms with Crippen molar-refractivity contribution in [2.24, 2.45) is 5.73 Å². The summed E-state index contributed by atoms with van der Waals surface area (Å²) >= 11 is 0. The molecular weight excluding hydrogens is 650 g/mol. The van der Waals surface area contributed by atoms with Crippen LogP contribution in [0, 0.1) is 0 Å². The number of carbonyl (C=O) groups is 2. The van der Waals surface area contributed by atoms with Crippen LogP contribution in [0.2, 0.25) is 0 Å². The summed E-state index contributed by atoms with van der Waals surface area (Å²) in [5, 5.41) is 31.0. The van der Waals surface area contributed by atoms with Crippen molar-refractivity contribution >= 4 is 11.9 Å². The molecule has 0 aromatic heterocycles. The zero-order chi connectivity index (χ0) is 35.6. The molecule has 0 bridgehead atoms. The highest BCUT2D eigenvalue weighted by Gasteiger charge is 2.58. The maximum atomic E-state index is 12.8. The third kappa shape index (κ3) is 9.51. The normalized spacial score (nSPS) is 31.1. The zero-order valence-electron chi connectivity index (χ0n) is 27.9. The van der Waals surface area contributed by atoms with Gasteiger partial charge in [-0.25, -0.2) is 0 Å². The van der Waals surface area contributed by atoms with Gasteiger partial charge in [-0.3, -0.25) is 9.59 Å². The van der Waals surface area contributed by atoms with Crippen LogP contribution in [0.1, 0.15) is 30.5 Å². The number of hydrogen-bond donors (Lipinski definition) is 4. The Hall–Kier alpha value is -3.76. The molecule has 2 unspecified atom stereocenters. The predicted octanol–water partition coefficient (Wildman–Crippen LogP) is 1.77. The number of nitrogens with two attached hydrogens (primary N) is 1. The van der Waals surface area contributed by atoms with Crippen molar-refractivity contribution in [2.45, 2.75) is 101 Å². The van der Waals surface area contributed by atoms with Gasteiger partial charge in [-0.15, -0.1) is 0 Å². The molecule has 3 aromatic rings. The topological polar surface area (TPSA) is 185 Å². The molecule has 5 N–H and O–H groups in total.